The molecule has 2 aromatic carbocycles. The molecule has 1 saturated heterocycles. The third kappa shape index (κ3) is 5.75. The van der Waals surface area contributed by atoms with E-state index in [-0.39, 0.29) is 23.4 Å². The van der Waals surface area contributed by atoms with Crippen LogP contribution in [-0.2, 0) is 21.4 Å². The van der Waals surface area contributed by atoms with Gasteiger partial charge in [0.05, 0.1) is 4.90 Å². The summed E-state index contributed by atoms with van der Waals surface area (Å²) in [5, 5.41) is 8.36. The zero-order chi connectivity index (χ0) is 22.4. The van der Waals surface area contributed by atoms with Crippen LogP contribution in [0.15, 0.2) is 53.4 Å². The van der Waals surface area contributed by atoms with Crippen LogP contribution in [0.2, 0.25) is 5.02 Å². The summed E-state index contributed by atoms with van der Waals surface area (Å²) in [6.07, 6.45) is 1.98. The van der Waals surface area contributed by atoms with Crippen LogP contribution in [0.25, 0.3) is 0 Å². The smallest absolute Gasteiger partial charge is 0.318 e. The fraction of sp³-hybridized carbons (Fsp3) is 0.333. The van der Waals surface area contributed by atoms with Gasteiger partial charge >= 0.3 is 6.03 Å². The van der Waals surface area contributed by atoms with Gasteiger partial charge in [0.15, 0.2) is 0 Å². The van der Waals surface area contributed by atoms with E-state index in [0.29, 0.717) is 29.2 Å². The minimum atomic E-state index is -3.96. The summed E-state index contributed by atoms with van der Waals surface area (Å²) in [5.41, 5.74) is 1.26. The molecule has 1 unspecified atom stereocenters. The van der Waals surface area contributed by atoms with E-state index in [4.69, 9.17) is 11.6 Å². The van der Waals surface area contributed by atoms with Crippen molar-refractivity contribution in [1.82, 2.24) is 14.9 Å². The minimum absolute atomic E-state index is 0.0172. The van der Waals surface area contributed by atoms with Crippen LogP contribution in [0.1, 0.15) is 24.8 Å². The molecule has 1 fully saturated rings. The van der Waals surface area contributed by atoms with Crippen molar-refractivity contribution in [2.45, 2.75) is 36.7 Å². The van der Waals surface area contributed by atoms with Gasteiger partial charge < -0.3 is 16.0 Å². The van der Waals surface area contributed by atoms with E-state index < -0.39 is 16.1 Å². The number of rotatable bonds is 6. The molecule has 0 radical (unpaired) electrons. The highest BCUT2D eigenvalue weighted by Gasteiger charge is 2.36. The molecule has 1 aliphatic heterocycles. The number of amides is 3. The predicted molar refractivity (Wildman–Crippen MR) is 119 cm³/mol. The first-order valence-electron chi connectivity index (χ1n) is 9.94. The van der Waals surface area contributed by atoms with Gasteiger partial charge in [-0.3, -0.25) is 4.79 Å². The van der Waals surface area contributed by atoms with E-state index >= 15 is 0 Å². The molecule has 1 aliphatic rings. The third-order valence-electron chi connectivity index (χ3n) is 5.05. The van der Waals surface area contributed by atoms with Crippen LogP contribution in [0, 0.1) is 0 Å². The Kier molecular flexibility index (Phi) is 7.53. The normalized spacial score (nSPS) is 17.0. The summed E-state index contributed by atoms with van der Waals surface area (Å²) in [5.74, 6) is -0.298. The standard InChI is InChI=1S/C21H25ClN4O4S/c1-23-21(28)25-17-9-5-15(6-10-17)14-26(19-4-2-3-13-24-20(19)27)31(29,30)18-11-7-16(22)8-12-18/h5-12,19H,2-4,13-14H2,1H3,(H,24,27)(H2,23,25,28). The Morgan fingerprint density at radius 1 is 1.13 bits per heavy atom. The highest BCUT2D eigenvalue weighted by molar-refractivity contribution is 7.89. The number of nitrogens with zero attached hydrogens (tertiary/aromatic N) is 1. The molecule has 166 valence electrons. The second-order valence-corrected chi connectivity index (χ2v) is 9.53. The summed E-state index contributed by atoms with van der Waals surface area (Å²) < 4.78 is 28.2. The quantitative estimate of drug-likeness (QED) is 0.610. The number of benzene rings is 2. The minimum Gasteiger partial charge on any atom is -0.355 e. The lowest BCUT2D eigenvalue weighted by atomic mass is 10.1. The fourth-order valence-corrected chi connectivity index (χ4v) is 5.10. The first kappa shape index (κ1) is 23.1. The molecule has 8 nitrogen and oxygen atoms in total. The number of carbonyl (C=O) groups is 2. The van der Waals surface area contributed by atoms with Crippen molar-refractivity contribution in [2.24, 2.45) is 0 Å². The largest absolute Gasteiger partial charge is 0.355 e. The number of anilines is 1. The first-order valence-corrected chi connectivity index (χ1v) is 11.8. The molecule has 3 N–H and O–H groups in total. The van der Waals surface area contributed by atoms with Crippen LogP contribution in [0.3, 0.4) is 0 Å². The summed E-state index contributed by atoms with van der Waals surface area (Å²) in [4.78, 5) is 24.2. The molecule has 1 atom stereocenters. The van der Waals surface area contributed by atoms with Gasteiger partial charge in [-0.15, -0.1) is 0 Å². The Bertz CT molecular complexity index is 1030. The number of halogens is 1. The number of hydrogen-bond donors (Lipinski definition) is 3. The van der Waals surface area contributed by atoms with Crippen molar-refractivity contribution in [3.05, 3.63) is 59.1 Å². The first-order chi connectivity index (χ1) is 14.8. The number of hydrogen-bond acceptors (Lipinski definition) is 4. The molecule has 0 aromatic heterocycles. The molecule has 2 aromatic rings. The monoisotopic (exact) mass is 464 g/mol. The van der Waals surface area contributed by atoms with E-state index in [1.807, 2.05) is 0 Å². The Morgan fingerprint density at radius 2 is 1.81 bits per heavy atom. The molecular weight excluding hydrogens is 440 g/mol. The molecule has 0 bridgehead atoms. The van der Waals surface area contributed by atoms with Gasteiger partial charge in [0, 0.05) is 30.8 Å². The van der Waals surface area contributed by atoms with Crippen molar-refractivity contribution in [3.8, 4) is 0 Å². The van der Waals surface area contributed by atoms with Gasteiger partial charge in [-0.25, -0.2) is 13.2 Å². The number of sulfonamides is 1. The molecule has 10 heteroatoms. The maximum atomic E-state index is 13.5. The third-order valence-corrected chi connectivity index (χ3v) is 7.17. The molecule has 0 saturated carbocycles. The highest BCUT2D eigenvalue weighted by atomic mass is 35.5. The molecule has 0 aliphatic carbocycles. The van der Waals surface area contributed by atoms with E-state index in [1.54, 1.807) is 24.3 Å². The summed E-state index contributed by atoms with van der Waals surface area (Å²) >= 11 is 5.92. The number of nitrogens with one attached hydrogen (secondary N) is 3. The summed E-state index contributed by atoms with van der Waals surface area (Å²) in [6, 6.07) is 11.6. The number of urea groups is 1. The highest BCUT2D eigenvalue weighted by Crippen LogP contribution is 2.26. The average Bonchev–Trinajstić information content (AvgIpc) is 2.97. The summed E-state index contributed by atoms with van der Waals surface area (Å²) in [6.45, 7) is 0.549. The van der Waals surface area contributed by atoms with Gasteiger partial charge in [-0.05, 0) is 61.2 Å². The SMILES string of the molecule is CNC(=O)Nc1ccc(CN(C2CCCCNC2=O)S(=O)(=O)c2ccc(Cl)cc2)cc1. The lowest BCUT2D eigenvalue weighted by molar-refractivity contribution is -0.124. The fourth-order valence-electron chi connectivity index (χ4n) is 3.37. The van der Waals surface area contributed by atoms with Crippen molar-refractivity contribution in [2.75, 3.05) is 18.9 Å². The van der Waals surface area contributed by atoms with Gasteiger partial charge in [-0.1, -0.05) is 23.7 Å². The van der Waals surface area contributed by atoms with Crippen LogP contribution < -0.4 is 16.0 Å². The maximum Gasteiger partial charge on any atom is 0.318 e. The van der Waals surface area contributed by atoms with Crippen molar-refractivity contribution in [1.29, 1.82) is 0 Å². The second-order valence-electron chi connectivity index (χ2n) is 7.21. The predicted octanol–water partition coefficient (Wildman–Crippen LogP) is 2.95. The Hall–Kier alpha value is -2.62. The van der Waals surface area contributed by atoms with E-state index in [2.05, 4.69) is 16.0 Å². The van der Waals surface area contributed by atoms with Crippen LogP contribution in [0.4, 0.5) is 10.5 Å². The molecule has 3 rings (SSSR count). The second kappa shape index (κ2) is 10.1. The summed E-state index contributed by atoms with van der Waals surface area (Å²) in [7, 11) is -2.45. The molecule has 1 heterocycles. The zero-order valence-corrected chi connectivity index (χ0v) is 18.7. The molecular formula is C21H25ClN4O4S. The zero-order valence-electron chi connectivity index (χ0n) is 17.1. The molecule has 31 heavy (non-hydrogen) atoms. The Balaban J connectivity index is 1.93. The van der Waals surface area contributed by atoms with Crippen LogP contribution >= 0.6 is 11.6 Å². The van der Waals surface area contributed by atoms with Crippen LogP contribution in [-0.4, -0.2) is 44.3 Å². The van der Waals surface area contributed by atoms with Crippen molar-refractivity contribution < 1.29 is 18.0 Å². The van der Waals surface area contributed by atoms with Crippen molar-refractivity contribution >= 4 is 39.2 Å². The van der Waals surface area contributed by atoms with E-state index in [1.165, 1.54) is 35.6 Å². The lowest BCUT2D eigenvalue weighted by Gasteiger charge is -2.29. The van der Waals surface area contributed by atoms with Gasteiger partial charge in [0.1, 0.15) is 6.04 Å². The van der Waals surface area contributed by atoms with Crippen LogP contribution in [0.5, 0.6) is 0 Å². The average molecular weight is 465 g/mol. The van der Waals surface area contributed by atoms with E-state index in [9.17, 15) is 18.0 Å². The number of carbonyl (C=O) groups excluding carboxylic acids is 2. The van der Waals surface area contributed by atoms with Crippen molar-refractivity contribution in [3.63, 3.8) is 0 Å². The maximum absolute atomic E-state index is 13.5. The molecule has 3 amide bonds. The molecule has 0 spiro atoms. The van der Waals surface area contributed by atoms with Gasteiger partial charge in [-0.2, -0.15) is 4.31 Å². The Labute approximate surface area is 187 Å². The van der Waals surface area contributed by atoms with E-state index in [0.717, 1.165) is 12.8 Å². The lowest BCUT2D eigenvalue weighted by Crippen LogP contribution is -2.48. The Morgan fingerprint density at radius 3 is 2.45 bits per heavy atom. The topological polar surface area (TPSA) is 108 Å². The van der Waals surface area contributed by atoms with Gasteiger partial charge in [0.2, 0.25) is 15.9 Å². The van der Waals surface area contributed by atoms with Gasteiger partial charge in [0.25, 0.3) is 0 Å².